The molecule has 0 spiro atoms. The lowest BCUT2D eigenvalue weighted by molar-refractivity contribution is 0.0195. The number of carbonyl (C=O) groups is 1. The van der Waals surface area contributed by atoms with Crippen LogP contribution in [0.1, 0.15) is 32.4 Å². The zero-order chi connectivity index (χ0) is 14.8. The van der Waals surface area contributed by atoms with Crippen LogP contribution in [0.4, 0.5) is 4.79 Å². The van der Waals surface area contributed by atoms with Crippen molar-refractivity contribution in [1.29, 1.82) is 0 Å². The Kier molecular flexibility index (Phi) is 4.55. The highest BCUT2D eigenvalue weighted by atomic mass is 35.5. The summed E-state index contributed by atoms with van der Waals surface area (Å²) in [5.74, 6) is 0. The molecular weight excluding hydrogens is 276 g/mol. The molecule has 0 unspecified atom stereocenters. The minimum absolute atomic E-state index is 0.0926. The highest BCUT2D eigenvalue weighted by molar-refractivity contribution is 6.30. The Morgan fingerprint density at radius 2 is 2.20 bits per heavy atom. The van der Waals surface area contributed by atoms with Gasteiger partial charge in [0.1, 0.15) is 5.60 Å². The summed E-state index contributed by atoms with van der Waals surface area (Å²) in [6.07, 6.45) is -0.258. The number of halogens is 1. The van der Waals surface area contributed by atoms with E-state index in [2.05, 4.69) is 5.32 Å². The SMILES string of the molecule is CC(C)(C)OC(=O)N1CCN[C@H](c2cccc(Cl)c2)C1. The van der Waals surface area contributed by atoms with Crippen LogP contribution in [0.5, 0.6) is 0 Å². The molecule has 1 amide bonds. The van der Waals surface area contributed by atoms with Crippen molar-refractivity contribution in [3.8, 4) is 0 Å². The first kappa shape index (κ1) is 15.1. The Bertz CT molecular complexity index is 485. The monoisotopic (exact) mass is 296 g/mol. The molecule has 0 aliphatic carbocycles. The summed E-state index contributed by atoms with van der Waals surface area (Å²) in [5.41, 5.74) is 0.624. The first-order valence-corrected chi connectivity index (χ1v) is 7.20. The standard InChI is InChI=1S/C15H21ClN2O2/c1-15(2,3)20-14(19)18-8-7-17-13(10-18)11-5-4-6-12(16)9-11/h4-6,9,13,17H,7-8,10H2,1-3H3/t13-/m0/s1. The van der Waals surface area contributed by atoms with E-state index >= 15 is 0 Å². The number of hydrogen-bond donors (Lipinski definition) is 1. The van der Waals surface area contributed by atoms with Crippen molar-refractivity contribution in [2.24, 2.45) is 0 Å². The second-order valence-corrected chi connectivity index (χ2v) is 6.42. The third-order valence-corrected chi connectivity index (χ3v) is 3.31. The fraction of sp³-hybridized carbons (Fsp3) is 0.533. The van der Waals surface area contributed by atoms with Gasteiger partial charge in [0.15, 0.2) is 0 Å². The lowest BCUT2D eigenvalue weighted by Gasteiger charge is -2.35. The molecule has 1 atom stereocenters. The summed E-state index contributed by atoms with van der Waals surface area (Å²) in [7, 11) is 0. The van der Waals surface area contributed by atoms with Crippen LogP contribution in [-0.4, -0.2) is 36.2 Å². The molecule has 0 bridgehead atoms. The molecule has 1 N–H and O–H groups in total. The van der Waals surface area contributed by atoms with Crippen LogP contribution >= 0.6 is 11.6 Å². The molecule has 0 aromatic heterocycles. The third kappa shape index (κ3) is 4.12. The number of nitrogens with zero attached hydrogens (tertiary/aromatic N) is 1. The molecule has 1 heterocycles. The van der Waals surface area contributed by atoms with Gasteiger partial charge in [0, 0.05) is 24.7 Å². The first-order valence-electron chi connectivity index (χ1n) is 6.82. The number of ether oxygens (including phenoxy) is 1. The van der Waals surface area contributed by atoms with Crippen LogP contribution < -0.4 is 5.32 Å². The lowest BCUT2D eigenvalue weighted by Crippen LogP contribution is -2.49. The molecule has 0 saturated carbocycles. The number of amides is 1. The Morgan fingerprint density at radius 1 is 1.45 bits per heavy atom. The second-order valence-electron chi connectivity index (χ2n) is 5.99. The summed E-state index contributed by atoms with van der Waals surface area (Å²) in [4.78, 5) is 13.9. The number of carbonyl (C=O) groups excluding carboxylic acids is 1. The van der Waals surface area contributed by atoms with Gasteiger partial charge in [-0.05, 0) is 38.5 Å². The maximum atomic E-state index is 12.1. The van der Waals surface area contributed by atoms with Gasteiger partial charge in [-0.15, -0.1) is 0 Å². The van der Waals surface area contributed by atoms with Crippen LogP contribution in [0.3, 0.4) is 0 Å². The van der Waals surface area contributed by atoms with Crippen molar-refractivity contribution in [1.82, 2.24) is 10.2 Å². The van der Waals surface area contributed by atoms with E-state index in [1.807, 2.05) is 45.0 Å². The summed E-state index contributed by atoms with van der Waals surface area (Å²) < 4.78 is 5.42. The van der Waals surface area contributed by atoms with Gasteiger partial charge in [-0.25, -0.2) is 4.79 Å². The van der Waals surface area contributed by atoms with Crippen molar-refractivity contribution in [3.63, 3.8) is 0 Å². The molecule has 20 heavy (non-hydrogen) atoms. The number of benzene rings is 1. The highest BCUT2D eigenvalue weighted by Gasteiger charge is 2.27. The molecule has 4 nitrogen and oxygen atoms in total. The fourth-order valence-electron chi connectivity index (χ4n) is 2.19. The normalized spacial score (nSPS) is 19.8. The van der Waals surface area contributed by atoms with E-state index in [-0.39, 0.29) is 12.1 Å². The number of hydrogen-bond acceptors (Lipinski definition) is 3. The van der Waals surface area contributed by atoms with Crippen LogP contribution in [0.15, 0.2) is 24.3 Å². The zero-order valence-corrected chi connectivity index (χ0v) is 12.9. The van der Waals surface area contributed by atoms with E-state index in [0.717, 1.165) is 12.1 Å². The zero-order valence-electron chi connectivity index (χ0n) is 12.1. The van der Waals surface area contributed by atoms with Gasteiger partial charge in [0.25, 0.3) is 0 Å². The van der Waals surface area contributed by atoms with E-state index in [4.69, 9.17) is 16.3 Å². The van der Waals surface area contributed by atoms with Crippen molar-refractivity contribution in [2.75, 3.05) is 19.6 Å². The quantitative estimate of drug-likeness (QED) is 0.865. The van der Waals surface area contributed by atoms with Gasteiger partial charge in [0.2, 0.25) is 0 Å². The molecule has 1 fully saturated rings. The van der Waals surface area contributed by atoms with E-state index in [9.17, 15) is 4.79 Å². The van der Waals surface area contributed by atoms with Gasteiger partial charge in [0.05, 0.1) is 6.04 Å². The molecule has 2 rings (SSSR count). The maximum Gasteiger partial charge on any atom is 0.410 e. The van der Waals surface area contributed by atoms with Crippen LogP contribution in [0.25, 0.3) is 0 Å². The van der Waals surface area contributed by atoms with Gasteiger partial charge in [-0.3, -0.25) is 0 Å². The molecule has 5 heteroatoms. The topological polar surface area (TPSA) is 41.6 Å². The largest absolute Gasteiger partial charge is 0.444 e. The van der Waals surface area contributed by atoms with Crippen LogP contribution in [0.2, 0.25) is 5.02 Å². The predicted octanol–water partition coefficient (Wildman–Crippen LogP) is 3.22. The van der Waals surface area contributed by atoms with Crippen LogP contribution in [-0.2, 0) is 4.74 Å². The van der Waals surface area contributed by atoms with E-state index < -0.39 is 5.60 Å². The number of rotatable bonds is 1. The van der Waals surface area contributed by atoms with Crippen molar-refractivity contribution < 1.29 is 9.53 Å². The average Bonchev–Trinajstić information content (AvgIpc) is 2.37. The maximum absolute atomic E-state index is 12.1. The molecule has 1 aliphatic heterocycles. The predicted molar refractivity (Wildman–Crippen MR) is 80.0 cm³/mol. The number of piperazine rings is 1. The molecule has 1 aromatic rings. The average molecular weight is 297 g/mol. The molecule has 1 aliphatic rings. The fourth-order valence-corrected chi connectivity index (χ4v) is 2.39. The van der Waals surface area contributed by atoms with Crippen molar-refractivity contribution >= 4 is 17.7 Å². The molecule has 0 radical (unpaired) electrons. The van der Waals surface area contributed by atoms with Gasteiger partial charge in [-0.2, -0.15) is 0 Å². The lowest BCUT2D eigenvalue weighted by atomic mass is 10.0. The van der Waals surface area contributed by atoms with Crippen LogP contribution in [0, 0.1) is 0 Å². The minimum Gasteiger partial charge on any atom is -0.444 e. The van der Waals surface area contributed by atoms with Crippen molar-refractivity contribution in [3.05, 3.63) is 34.9 Å². The summed E-state index contributed by atoms with van der Waals surface area (Å²) in [5, 5.41) is 4.11. The van der Waals surface area contributed by atoms with Gasteiger partial charge in [-0.1, -0.05) is 23.7 Å². The summed E-state index contributed by atoms with van der Waals surface area (Å²) in [6.45, 7) is 7.63. The third-order valence-electron chi connectivity index (χ3n) is 3.08. The van der Waals surface area contributed by atoms with Gasteiger partial charge < -0.3 is 15.0 Å². The Morgan fingerprint density at radius 3 is 2.85 bits per heavy atom. The second kappa shape index (κ2) is 6.02. The van der Waals surface area contributed by atoms with E-state index in [0.29, 0.717) is 18.1 Å². The summed E-state index contributed by atoms with van der Waals surface area (Å²) in [6, 6.07) is 7.81. The smallest absolute Gasteiger partial charge is 0.410 e. The molecular formula is C15H21ClN2O2. The number of nitrogens with one attached hydrogen (secondary N) is 1. The van der Waals surface area contributed by atoms with E-state index in [1.165, 1.54) is 0 Å². The molecule has 110 valence electrons. The molecule has 1 aromatic carbocycles. The minimum atomic E-state index is -0.465. The Labute approximate surface area is 125 Å². The van der Waals surface area contributed by atoms with E-state index in [1.54, 1.807) is 4.90 Å². The first-order chi connectivity index (χ1) is 9.35. The molecule has 1 saturated heterocycles. The Balaban J connectivity index is 2.03. The Hall–Kier alpha value is -1.26. The van der Waals surface area contributed by atoms with Crippen molar-refractivity contribution in [2.45, 2.75) is 32.4 Å². The summed E-state index contributed by atoms with van der Waals surface area (Å²) >= 11 is 6.02. The van der Waals surface area contributed by atoms with Gasteiger partial charge >= 0.3 is 6.09 Å². The highest BCUT2D eigenvalue weighted by Crippen LogP contribution is 2.21.